The summed E-state index contributed by atoms with van der Waals surface area (Å²) < 4.78 is 30.7. The maximum Gasteiger partial charge on any atom is 0.415 e. The Kier molecular flexibility index (Phi) is 4.49. The summed E-state index contributed by atoms with van der Waals surface area (Å²) in [4.78, 5) is 10.7. The van der Waals surface area contributed by atoms with E-state index in [0.717, 1.165) is 0 Å². The number of ether oxygens (including phenoxy) is 1. The highest BCUT2D eigenvalue weighted by molar-refractivity contribution is 6.27. The number of nitrogens with one attached hydrogen (secondary N) is 1. The molecule has 0 fully saturated rings. The van der Waals surface area contributed by atoms with Crippen molar-refractivity contribution in [3.63, 3.8) is 0 Å². The Morgan fingerprint density at radius 2 is 2.00 bits per heavy atom. The zero-order chi connectivity index (χ0) is 12.0. The quantitative estimate of drug-likeness (QED) is 0.811. The number of rotatable bonds is 5. The molecule has 0 atom stereocenters. The average Bonchev–Trinajstić information content (AvgIpc) is 2.27. The number of para-hydroxylation sites is 1. The molecule has 16 heavy (non-hydrogen) atoms. The van der Waals surface area contributed by atoms with Crippen LogP contribution in [0.4, 0.5) is 8.78 Å². The molecule has 0 radical (unpaired) electrons. The van der Waals surface area contributed by atoms with E-state index in [2.05, 4.69) is 4.74 Å². The lowest BCUT2D eigenvalue weighted by atomic mass is 10.3. The van der Waals surface area contributed by atoms with Gasteiger partial charge >= 0.3 is 6.11 Å². The van der Waals surface area contributed by atoms with Crippen LogP contribution in [-0.4, -0.2) is 24.4 Å². The van der Waals surface area contributed by atoms with Crippen LogP contribution >= 0.6 is 11.6 Å². The number of benzene rings is 1. The molecule has 1 amide bonds. The molecule has 6 heteroatoms. The molecule has 0 saturated carbocycles. The van der Waals surface area contributed by atoms with Crippen molar-refractivity contribution in [2.75, 3.05) is 12.4 Å². The minimum atomic E-state index is -3.46. The second kappa shape index (κ2) is 5.65. The van der Waals surface area contributed by atoms with Gasteiger partial charge in [-0.3, -0.25) is 4.79 Å². The Morgan fingerprint density at radius 3 is 2.56 bits per heavy atom. The van der Waals surface area contributed by atoms with Crippen LogP contribution in [0.2, 0.25) is 0 Å². The third-order valence-electron chi connectivity index (χ3n) is 1.62. The predicted octanol–water partition coefficient (Wildman–Crippen LogP) is 2.01. The lowest BCUT2D eigenvalue weighted by molar-refractivity contribution is -0.173. The van der Waals surface area contributed by atoms with E-state index < -0.39 is 18.6 Å². The van der Waals surface area contributed by atoms with Gasteiger partial charge in [-0.05, 0) is 12.1 Å². The lowest BCUT2D eigenvalue weighted by Gasteiger charge is -2.18. The third kappa shape index (κ3) is 4.44. The molecule has 1 N–H and O–H groups in total. The summed E-state index contributed by atoms with van der Waals surface area (Å²) in [6.07, 6.45) is -3.46. The molecule has 1 rings (SSSR count). The van der Waals surface area contributed by atoms with E-state index >= 15 is 0 Å². The van der Waals surface area contributed by atoms with Gasteiger partial charge in [0.2, 0.25) is 5.91 Å². The van der Waals surface area contributed by atoms with Crippen LogP contribution in [0.15, 0.2) is 30.3 Å². The average molecular weight is 250 g/mol. The summed E-state index contributed by atoms with van der Waals surface area (Å²) in [7, 11) is 0. The highest BCUT2D eigenvalue weighted by Crippen LogP contribution is 2.20. The fraction of sp³-hybridized carbons (Fsp3) is 0.300. The largest absolute Gasteiger partial charge is 0.431 e. The smallest absolute Gasteiger partial charge is 0.415 e. The van der Waals surface area contributed by atoms with Crippen molar-refractivity contribution in [3.8, 4) is 5.75 Å². The van der Waals surface area contributed by atoms with Gasteiger partial charge in [0.25, 0.3) is 0 Å². The fourth-order valence-corrected chi connectivity index (χ4v) is 1.04. The minimum Gasteiger partial charge on any atom is -0.431 e. The van der Waals surface area contributed by atoms with E-state index in [9.17, 15) is 13.6 Å². The Bertz CT molecular complexity index is 346. The maximum atomic E-state index is 13.1. The molecule has 0 aliphatic rings. The predicted molar refractivity (Wildman–Crippen MR) is 55.7 cm³/mol. The zero-order valence-corrected chi connectivity index (χ0v) is 9.01. The first kappa shape index (κ1) is 12.7. The second-order valence-electron chi connectivity index (χ2n) is 2.96. The first-order valence-electron chi connectivity index (χ1n) is 4.48. The van der Waals surface area contributed by atoms with Crippen molar-refractivity contribution in [3.05, 3.63) is 30.3 Å². The van der Waals surface area contributed by atoms with Crippen molar-refractivity contribution >= 4 is 17.5 Å². The van der Waals surface area contributed by atoms with Crippen LogP contribution < -0.4 is 10.1 Å². The van der Waals surface area contributed by atoms with Crippen LogP contribution in [0.25, 0.3) is 0 Å². The SMILES string of the molecule is O=C(CCl)NCC(F)(F)Oc1ccccc1. The Morgan fingerprint density at radius 1 is 1.38 bits per heavy atom. The summed E-state index contributed by atoms with van der Waals surface area (Å²) >= 11 is 5.14. The second-order valence-corrected chi connectivity index (χ2v) is 3.23. The molecule has 0 heterocycles. The lowest BCUT2D eigenvalue weighted by Crippen LogP contribution is -2.41. The van der Waals surface area contributed by atoms with E-state index in [1.165, 1.54) is 12.1 Å². The first-order chi connectivity index (χ1) is 7.53. The molecule has 0 saturated heterocycles. The van der Waals surface area contributed by atoms with Gasteiger partial charge in [-0.25, -0.2) is 0 Å². The van der Waals surface area contributed by atoms with E-state index in [1.54, 1.807) is 18.2 Å². The molecule has 88 valence electrons. The van der Waals surface area contributed by atoms with Crippen LogP contribution in [0.3, 0.4) is 0 Å². The summed E-state index contributed by atoms with van der Waals surface area (Å²) in [6.45, 7) is -0.909. The Hall–Kier alpha value is -1.36. The topological polar surface area (TPSA) is 38.3 Å². The van der Waals surface area contributed by atoms with Crippen molar-refractivity contribution in [1.82, 2.24) is 5.32 Å². The molecule has 3 nitrogen and oxygen atoms in total. The number of alkyl halides is 3. The van der Waals surface area contributed by atoms with Crippen molar-refractivity contribution in [1.29, 1.82) is 0 Å². The molecule has 0 unspecified atom stereocenters. The highest BCUT2D eigenvalue weighted by atomic mass is 35.5. The fourth-order valence-electron chi connectivity index (χ4n) is 0.946. The normalized spacial score (nSPS) is 10.9. The monoisotopic (exact) mass is 249 g/mol. The van der Waals surface area contributed by atoms with Crippen LogP contribution in [0.5, 0.6) is 5.75 Å². The van der Waals surface area contributed by atoms with Gasteiger partial charge in [0.1, 0.15) is 18.2 Å². The van der Waals surface area contributed by atoms with Gasteiger partial charge in [0.05, 0.1) is 0 Å². The molecular formula is C10H10ClF2NO2. The summed E-state index contributed by atoms with van der Waals surface area (Å²) in [5, 5.41) is 1.95. The molecule has 1 aromatic carbocycles. The van der Waals surface area contributed by atoms with Crippen molar-refractivity contribution < 1.29 is 18.3 Å². The summed E-state index contributed by atoms with van der Waals surface area (Å²) in [5.74, 6) is -0.993. The Balaban J connectivity index is 2.48. The van der Waals surface area contributed by atoms with Crippen LogP contribution in [0, 0.1) is 0 Å². The van der Waals surface area contributed by atoms with Crippen molar-refractivity contribution in [2.45, 2.75) is 6.11 Å². The van der Waals surface area contributed by atoms with Gasteiger partial charge in [0, 0.05) is 0 Å². The molecule has 1 aromatic rings. The van der Waals surface area contributed by atoms with Gasteiger partial charge in [0.15, 0.2) is 0 Å². The van der Waals surface area contributed by atoms with Crippen molar-refractivity contribution in [2.24, 2.45) is 0 Å². The Labute approximate surface area is 96.4 Å². The minimum absolute atomic E-state index is 0.0348. The molecule has 0 aliphatic carbocycles. The van der Waals surface area contributed by atoms with Gasteiger partial charge in [-0.15, -0.1) is 11.6 Å². The maximum absolute atomic E-state index is 13.1. The van der Waals surface area contributed by atoms with Gasteiger partial charge in [-0.2, -0.15) is 8.78 Å². The number of halogens is 3. The van der Waals surface area contributed by atoms with E-state index in [-0.39, 0.29) is 11.6 Å². The van der Waals surface area contributed by atoms with Gasteiger partial charge < -0.3 is 10.1 Å². The van der Waals surface area contributed by atoms with E-state index in [0.29, 0.717) is 0 Å². The number of amides is 1. The van der Waals surface area contributed by atoms with Gasteiger partial charge in [-0.1, -0.05) is 18.2 Å². The summed E-state index contributed by atoms with van der Waals surface area (Å²) in [6, 6.07) is 7.63. The number of carbonyl (C=O) groups is 1. The molecule has 0 spiro atoms. The molecule has 0 bridgehead atoms. The van der Waals surface area contributed by atoms with E-state index in [4.69, 9.17) is 11.6 Å². The molecule has 0 aromatic heterocycles. The van der Waals surface area contributed by atoms with E-state index in [1.807, 2.05) is 5.32 Å². The highest BCUT2D eigenvalue weighted by Gasteiger charge is 2.31. The zero-order valence-electron chi connectivity index (χ0n) is 8.25. The molecular weight excluding hydrogens is 240 g/mol. The standard InChI is InChI=1S/C10H10ClF2NO2/c11-6-9(15)14-7-10(12,13)16-8-4-2-1-3-5-8/h1-5H,6-7H2,(H,14,15). The first-order valence-corrected chi connectivity index (χ1v) is 5.01. The van der Waals surface area contributed by atoms with Crippen LogP contribution in [-0.2, 0) is 4.79 Å². The number of hydrogen-bond donors (Lipinski definition) is 1. The number of hydrogen-bond acceptors (Lipinski definition) is 2. The molecule has 0 aliphatic heterocycles. The number of carbonyl (C=O) groups excluding carboxylic acids is 1. The summed E-state index contributed by atoms with van der Waals surface area (Å²) in [5.41, 5.74) is 0. The van der Waals surface area contributed by atoms with Crippen LogP contribution in [0.1, 0.15) is 0 Å². The third-order valence-corrected chi connectivity index (χ3v) is 1.87.